The Morgan fingerprint density at radius 3 is 2.86 bits per heavy atom. The van der Waals surface area contributed by atoms with Crippen molar-refractivity contribution in [3.05, 3.63) is 54.1 Å². The maximum absolute atomic E-state index is 13.5. The Balaban J connectivity index is 2.28. The molecule has 0 aliphatic carbocycles. The number of aromatic nitrogens is 2. The van der Waals surface area contributed by atoms with Crippen molar-refractivity contribution in [1.82, 2.24) is 9.55 Å². The van der Waals surface area contributed by atoms with Gasteiger partial charge < -0.3 is 9.84 Å². The van der Waals surface area contributed by atoms with E-state index >= 15 is 0 Å². The summed E-state index contributed by atoms with van der Waals surface area (Å²) in [5, 5.41) is 9.29. The van der Waals surface area contributed by atoms with Gasteiger partial charge in [0, 0.05) is 6.07 Å². The van der Waals surface area contributed by atoms with E-state index in [2.05, 4.69) is 4.98 Å². The van der Waals surface area contributed by atoms with E-state index in [0.717, 1.165) is 0 Å². The normalized spacial score (nSPS) is 10.8. The maximum Gasteiger partial charge on any atom is 0.337 e. The van der Waals surface area contributed by atoms with E-state index in [-0.39, 0.29) is 11.3 Å². The van der Waals surface area contributed by atoms with Crippen molar-refractivity contribution in [1.29, 1.82) is 0 Å². The quantitative estimate of drug-likeness (QED) is 0.804. The van der Waals surface area contributed by atoms with Crippen molar-refractivity contribution in [2.45, 2.75) is 0 Å². The van der Waals surface area contributed by atoms with E-state index < -0.39 is 11.8 Å². The number of ether oxygens (including phenoxy) is 1. The zero-order chi connectivity index (χ0) is 15.0. The number of carboxylic acid groups (broad SMARTS) is 1. The molecule has 1 heterocycles. The van der Waals surface area contributed by atoms with Crippen LogP contribution in [0.3, 0.4) is 0 Å². The third kappa shape index (κ3) is 2.10. The van der Waals surface area contributed by atoms with Gasteiger partial charge >= 0.3 is 5.97 Å². The fraction of sp³-hybridized carbons (Fsp3) is 0.0667. The summed E-state index contributed by atoms with van der Waals surface area (Å²) in [4.78, 5) is 15.5. The number of halogens is 1. The topological polar surface area (TPSA) is 64.4 Å². The lowest BCUT2D eigenvalue weighted by Crippen LogP contribution is -2.02. The van der Waals surface area contributed by atoms with Crippen molar-refractivity contribution >= 4 is 17.0 Å². The van der Waals surface area contributed by atoms with Gasteiger partial charge in [-0.3, -0.25) is 4.57 Å². The van der Waals surface area contributed by atoms with Gasteiger partial charge in [0.25, 0.3) is 0 Å². The van der Waals surface area contributed by atoms with Crippen LogP contribution < -0.4 is 4.74 Å². The standard InChI is InChI=1S/C15H11FN2O3/c1-21-13-7-9(5-6-11(13)16)18-8-17-12-4-2-3-10(14(12)18)15(19)20/h2-8H,1H3,(H,19,20). The Labute approximate surface area is 119 Å². The Morgan fingerprint density at radius 1 is 1.33 bits per heavy atom. The summed E-state index contributed by atoms with van der Waals surface area (Å²) < 4.78 is 20.0. The van der Waals surface area contributed by atoms with Crippen molar-refractivity contribution in [3.63, 3.8) is 0 Å². The molecule has 0 fully saturated rings. The minimum absolute atomic E-state index is 0.0853. The van der Waals surface area contributed by atoms with E-state index in [4.69, 9.17) is 4.74 Å². The van der Waals surface area contributed by atoms with Crippen LogP contribution in [0.1, 0.15) is 10.4 Å². The second-order valence-corrected chi connectivity index (χ2v) is 4.41. The van der Waals surface area contributed by atoms with E-state index in [1.165, 1.54) is 37.7 Å². The van der Waals surface area contributed by atoms with Crippen LogP contribution in [0.4, 0.5) is 4.39 Å². The van der Waals surface area contributed by atoms with Crippen LogP contribution in [-0.4, -0.2) is 27.7 Å². The molecule has 2 aromatic carbocycles. The molecule has 5 nitrogen and oxygen atoms in total. The van der Waals surface area contributed by atoms with Crippen LogP contribution >= 0.6 is 0 Å². The summed E-state index contributed by atoms with van der Waals surface area (Å²) in [6.45, 7) is 0. The van der Waals surface area contributed by atoms with Gasteiger partial charge in [-0.15, -0.1) is 0 Å². The zero-order valence-corrected chi connectivity index (χ0v) is 11.1. The summed E-state index contributed by atoms with van der Waals surface area (Å²) in [7, 11) is 1.37. The molecule has 0 amide bonds. The van der Waals surface area contributed by atoms with Gasteiger partial charge in [0.2, 0.25) is 0 Å². The smallest absolute Gasteiger partial charge is 0.337 e. The summed E-state index contributed by atoms with van der Waals surface area (Å²) >= 11 is 0. The largest absolute Gasteiger partial charge is 0.494 e. The number of para-hydroxylation sites is 1. The molecule has 0 aliphatic rings. The Kier molecular flexibility index (Phi) is 3.06. The van der Waals surface area contributed by atoms with Crippen LogP contribution in [0.2, 0.25) is 0 Å². The monoisotopic (exact) mass is 286 g/mol. The third-order valence-electron chi connectivity index (χ3n) is 3.21. The summed E-state index contributed by atoms with van der Waals surface area (Å²) in [5.41, 5.74) is 1.72. The highest BCUT2D eigenvalue weighted by Crippen LogP contribution is 2.26. The Morgan fingerprint density at radius 2 is 2.14 bits per heavy atom. The molecule has 0 unspecified atom stereocenters. The molecule has 106 valence electrons. The third-order valence-corrected chi connectivity index (χ3v) is 3.21. The first-order valence-corrected chi connectivity index (χ1v) is 6.15. The fourth-order valence-electron chi connectivity index (χ4n) is 2.23. The number of benzene rings is 2. The lowest BCUT2D eigenvalue weighted by Gasteiger charge is -2.09. The number of carboxylic acids is 1. The van der Waals surface area contributed by atoms with Crippen molar-refractivity contribution < 1.29 is 19.0 Å². The first-order chi connectivity index (χ1) is 10.1. The highest BCUT2D eigenvalue weighted by Gasteiger charge is 2.15. The summed E-state index contributed by atoms with van der Waals surface area (Å²) in [5.74, 6) is -1.44. The van der Waals surface area contributed by atoms with Crippen molar-refractivity contribution in [2.75, 3.05) is 7.11 Å². The van der Waals surface area contributed by atoms with E-state index in [1.54, 1.807) is 16.7 Å². The number of aromatic carboxylic acids is 1. The van der Waals surface area contributed by atoms with E-state index in [0.29, 0.717) is 16.7 Å². The molecule has 21 heavy (non-hydrogen) atoms. The summed E-state index contributed by atoms with van der Waals surface area (Å²) in [6.07, 6.45) is 1.50. The predicted octanol–water partition coefficient (Wildman–Crippen LogP) is 2.87. The highest BCUT2D eigenvalue weighted by atomic mass is 19.1. The molecule has 0 saturated carbocycles. The number of methoxy groups -OCH3 is 1. The molecule has 0 saturated heterocycles. The molecule has 3 aromatic rings. The number of nitrogens with zero attached hydrogens (tertiary/aromatic N) is 2. The van der Waals surface area contributed by atoms with Gasteiger partial charge in [0.05, 0.1) is 29.4 Å². The van der Waals surface area contributed by atoms with E-state index in [9.17, 15) is 14.3 Å². The van der Waals surface area contributed by atoms with Gasteiger partial charge in [-0.25, -0.2) is 14.2 Å². The molecule has 0 radical (unpaired) electrons. The minimum Gasteiger partial charge on any atom is -0.494 e. The first kappa shape index (κ1) is 13.1. The van der Waals surface area contributed by atoms with Crippen molar-refractivity contribution in [3.8, 4) is 11.4 Å². The number of imidazole rings is 1. The highest BCUT2D eigenvalue weighted by molar-refractivity contribution is 6.01. The summed E-state index contributed by atoms with van der Waals surface area (Å²) in [6, 6.07) is 9.16. The maximum atomic E-state index is 13.5. The van der Waals surface area contributed by atoms with Gasteiger partial charge in [0.1, 0.15) is 6.33 Å². The molecule has 0 atom stereocenters. The molecule has 0 aliphatic heterocycles. The number of rotatable bonds is 3. The molecular weight excluding hydrogens is 275 g/mol. The Bertz CT molecular complexity index is 842. The zero-order valence-electron chi connectivity index (χ0n) is 11.1. The fourth-order valence-corrected chi connectivity index (χ4v) is 2.23. The van der Waals surface area contributed by atoms with Crippen LogP contribution in [0.25, 0.3) is 16.7 Å². The molecule has 6 heteroatoms. The lowest BCUT2D eigenvalue weighted by molar-refractivity contribution is 0.0698. The van der Waals surface area contributed by atoms with Crippen LogP contribution in [0.5, 0.6) is 5.75 Å². The first-order valence-electron chi connectivity index (χ1n) is 6.15. The minimum atomic E-state index is -1.04. The lowest BCUT2D eigenvalue weighted by atomic mass is 10.1. The molecule has 0 spiro atoms. The number of fused-ring (bicyclic) bond motifs is 1. The van der Waals surface area contributed by atoms with Crippen LogP contribution in [0, 0.1) is 5.82 Å². The second kappa shape index (κ2) is 4.90. The molecule has 3 rings (SSSR count). The number of hydrogen-bond acceptors (Lipinski definition) is 3. The molecule has 1 N–H and O–H groups in total. The van der Waals surface area contributed by atoms with E-state index in [1.807, 2.05) is 0 Å². The van der Waals surface area contributed by atoms with Crippen molar-refractivity contribution in [2.24, 2.45) is 0 Å². The average Bonchev–Trinajstić information content (AvgIpc) is 2.91. The number of hydrogen-bond donors (Lipinski definition) is 1. The molecule has 1 aromatic heterocycles. The van der Waals surface area contributed by atoms with Crippen LogP contribution in [0.15, 0.2) is 42.7 Å². The SMILES string of the molecule is COc1cc(-n2cnc3cccc(C(=O)O)c32)ccc1F. The Hall–Kier alpha value is -2.89. The van der Waals surface area contributed by atoms with Gasteiger partial charge in [-0.05, 0) is 24.3 Å². The van der Waals surface area contributed by atoms with Gasteiger partial charge in [-0.1, -0.05) is 6.07 Å². The number of carbonyl (C=O) groups is 1. The average molecular weight is 286 g/mol. The van der Waals surface area contributed by atoms with Crippen LogP contribution in [-0.2, 0) is 0 Å². The van der Waals surface area contributed by atoms with Gasteiger partial charge in [-0.2, -0.15) is 0 Å². The molecule has 0 bridgehead atoms. The molecular formula is C15H11FN2O3. The second-order valence-electron chi connectivity index (χ2n) is 4.41. The predicted molar refractivity (Wildman–Crippen MR) is 74.5 cm³/mol. The van der Waals surface area contributed by atoms with Gasteiger partial charge in [0.15, 0.2) is 11.6 Å².